The van der Waals surface area contributed by atoms with E-state index in [9.17, 15) is 8.78 Å². The Kier molecular flexibility index (Phi) is 2.46. The van der Waals surface area contributed by atoms with Gasteiger partial charge in [0.25, 0.3) is 0 Å². The molecule has 0 spiro atoms. The fourth-order valence-electron chi connectivity index (χ4n) is 1.70. The summed E-state index contributed by atoms with van der Waals surface area (Å²) >= 11 is 0. The number of halogens is 2. The summed E-state index contributed by atoms with van der Waals surface area (Å²) < 4.78 is 32.5. The standard InChI is InChI=1S/C12H13F2NO/c1-12(2,15)6-8-9(13)5-10-7(11(8)14)3-4-16-10/h3-5H,6,15H2,1-2H3. The number of rotatable bonds is 2. The van der Waals surface area contributed by atoms with Crippen molar-refractivity contribution in [1.82, 2.24) is 0 Å². The molecule has 1 aromatic heterocycles. The normalized spacial score (nSPS) is 12.3. The highest BCUT2D eigenvalue weighted by molar-refractivity contribution is 5.78. The van der Waals surface area contributed by atoms with E-state index in [0.717, 1.165) is 0 Å². The van der Waals surface area contributed by atoms with Crippen LogP contribution in [0.1, 0.15) is 19.4 Å². The number of hydrogen-bond donors (Lipinski definition) is 1. The van der Waals surface area contributed by atoms with Gasteiger partial charge in [-0.15, -0.1) is 0 Å². The van der Waals surface area contributed by atoms with E-state index in [4.69, 9.17) is 10.2 Å². The summed E-state index contributed by atoms with van der Waals surface area (Å²) in [4.78, 5) is 0. The molecule has 0 fully saturated rings. The zero-order chi connectivity index (χ0) is 11.9. The molecule has 0 atom stereocenters. The quantitative estimate of drug-likeness (QED) is 0.853. The SMILES string of the molecule is CC(C)(N)Cc1c(F)cc2occc2c1F. The Bertz CT molecular complexity index is 526. The first kappa shape index (κ1) is 11.1. The van der Waals surface area contributed by atoms with Gasteiger partial charge >= 0.3 is 0 Å². The lowest BCUT2D eigenvalue weighted by Crippen LogP contribution is -2.35. The summed E-state index contributed by atoms with van der Waals surface area (Å²) in [7, 11) is 0. The van der Waals surface area contributed by atoms with Gasteiger partial charge in [0, 0.05) is 17.2 Å². The minimum Gasteiger partial charge on any atom is -0.464 e. The van der Waals surface area contributed by atoms with E-state index >= 15 is 0 Å². The predicted molar refractivity (Wildman–Crippen MR) is 58.1 cm³/mol. The molecule has 0 bridgehead atoms. The molecule has 1 heterocycles. The number of fused-ring (bicyclic) bond motifs is 1. The molecule has 1 aromatic carbocycles. The van der Waals surface area contributed by atoms with Gasteiger partial charge < -0.3 is 10.2 Å². The summed E-state index contributed by atoms with van der Waals surface area (Å²) in [5, 5.41) is 0.292. The van der Waals surface area contributed by atoms with Crippen LogP contribution in [0.15, 0.2) is 22.8 Å². The lowest BCUT2D eigenvalue weighted by molar-refractivity contribution is 0.475. The third-order valence-corrected chi connectivity index (χ3v) is 2.38. The first-order chi connectivity index (χ1) is 7.38. The van der Waals surface area contributed by atoms with E-state index in [1.165, 1.54) is 18.4 Å². The van der Waals surface area contributed by atoms with Crippen LogP contribution in [-0.2, 0) is 6.42 Å². The van der Waals surface area contributed by atoms with E-state index in [-0.39, 0.29) is 17.6 Å². The summed E-state index contributed by atoms with van der Waals surface area (Å²) in [5.74, 6) is -1.19. The zero-order valence-electron chi connectivity index (χ0n) is 9.18. The molecule has 0 unspecified atom stereocenters. The zero-order valence-corrected chi connectivity index (χ0v) is 9.18. The van der Waals surface area contributed by atoms with Crippen molar-refractivity contribution in [3.05, 3.63) is 35.6 Å². The summed E-state index contributed by atoms with van der Waals surface area (Å²) in [6, 6.07) is 2.68. The second-order valence-electron chi connectivity index (χ2n) is 4.65. The minimum absolute atomic E-state index is 0.0152. The molecule has 0 saturated heterocycles. The Labute approximate surface area is 92.0 Å². The first-order valence-electron chi connectivity index (χ1n) is 5.01. The van der Waals surface area contributed by atoms with Crippen molar-refractivity contribution in [2.45, 2.75) is 25.8 Å². The van der Waals surface area contributed by atoms with Crippen LogP contribution in [0.25, 0.3) is 11.0 Å². The van der Waals surface area contributed by atoms with Crippen LogP contribution in [-0.4, -0.2) is 5.54 Å². The fraction of sp³-hybridized carbons (Fsp3) is 0.333. The molecule has 0 aliphatic carbocycles. The van der Waals surface area contributed by atoms with Gasteiger partial charge in [-0.3, -0.25) is 0 Å². The molecule has 4 heteroatoms. The fourth-order valence-corrected chi connectivity index (χ4v) is 1.70. The van der Waals surface area contributed by atoms with Crippen molar-refractivity contribution < 1.29 is 13.2 Å². The van der Waals surface area contributed by atoms with Crippen LogP contribution in [0.4, 0.5) is 8.78 Å². The van der Waals surface area contributed by atoms with Crippen molar-refractivity contribution in [1.29, 1.82) is 0 Å². The number of benzene rings is 1. The maximum Gasteiger partial charge on any atom is 0.140 e. The molecule has 0 radical (unpaired) electrons. The Morgan fingerprint density at radius 2 is 2.06 bits per heavy atom. The molecule has 0 aliphatic rings. The van der Waals surface area contributed by atoms with E-state index in [1.54, 1.807) is 13.8 Å². The minimum atomic E-state index is -0.654. The van der Waals surface area contributed by atoms with Gasteiger partial charge in [0.05, 0.1) is 11.6 Å². The van der Waals surface area contributed by atoms with Crippen molar-refractivity contribution in [2.75, 3.05) is 0 Å². The second kappa shape index (κ2) is 3.56. The first-order valence-corrected chi connectivity index (χ1v) is 5.01. The van der Waals surface area contributed by atoms with Crippen molar-refractivity contribution >= 4 is 11.0 Å². The van der Waals surface area contributed by atoms with Crippen molar-refractivity contribution in [3.63, 3.8) is 0 Å². The highest BCUT2D eigenvalue weighted by Gasteiger charge is 2.21. The predicted octanol–water partition coefficient (Wildman–Crippen LogP) is 2.99. The van der Waals surface area contributed by atoms with E-state index < -0.39 is 17.2 Å². The molecule has 16 heavy (non-hydrogen) atoms. The van der Waals surface area contributed by atoms with E-state index in [2.05, 4.69) is 0 Å². The lowest BCUT2D eigenvalue weighted by atomic mass is 9.94. The average Bonchev–Trinajstić information content (AvgIpc) is 2.58. The van der Waals surface area contributed by atoms with Gasteiger partial charge in [0.1, 0.15) is 17.2 Å². The summed E-state index contributed by atoms with van der Waals surface area (Å²) in [5.41, 5.74) is 5.35. The van der Waals surface area contributed by atoms with Crippen LogP contribution in [0.5, 0.6) is 0 Å². The molecular weight excluding hydrogens is 212 g/mol. The average molecular weight is 225 g/mol. The van der Waals surface area contributed by atoms with Crippen LogP contribution in [0.3, 0.4) is 0 Å². The Hall–Kier alpha value is -1.42. The molecule has 2 N–H and O–H groups in total. The van der Waals surface area contributed by atoms with Gasteiger partial charge in [0.2, 0.25) is 0 Å². The molecule has 86 valence electrons. The van der Waals surface area contributed by atoms with Crippen molar-refractivity contribution in [2.24, 2.45) is 5.73 Å². The molecule has 2 rings (SSSR count). The molecule has 2 nitrogen and oxygen atoms in total. The summed E-state index contributed by atoms with van der Waals surface area (Å²) in [6.45, 7) is 3.46. The lowest BCUT2D eigenvalue weighted by Gasteiger charge is -2.19. The largest absolute Gasteiger partial charge is 0.464 e. The van der Waals surface area contributed by atoms with Crippen LogP contribution < -0.4 is 5.73 Å². The maximum atomic E-state index is 13.9. The van der Waals surface area contributed by atoms with Crippen molar-refractivity contribution in [3.8, 4) is 0 Å². The van der Waals surface area contributed by atoms with Gasteiger partial charge in [-0.05, 0) is 26.3 Å². The highest BCUT2D eigenvalue weighted by Crippen LogP contribution is 2.26. The molecular formula is C12H13F2NO. The number of hydrogen-bond acceptors (Lipinski definition) is 2. The number of furan rings is 1. The second-order valence-corrected chi connectivity index (χ2v) is 4.65. The van der Waals surface area contributed by atoms with Gasteiger partial charge in [-0.25, -0.2) is 8.78 Å². The van der Waals surface area contributed by atoms with Gasteiger partial charge in [-0.2, -0.15) is 0 Å². The third kappa shape index (κ3) is 1.93. The van der Waals surface area contributed by atoms with Gasteiger partial charge in [-0.1, -0.05) is 0 Å². The van der Waals surface area contributed by atoms with Crippen LogP contribution in [0, 0.1) is 11.6 Å². The Morgan fingerprint density at radius 1 is 1.38 bits per heavy atom. The molecule has 0 saturated carbocycles. The molecule has 0 aliphatic heterocycles. The van der Waals surface area contributed by atoms with Crippen LogP contribution >= 0.6 is 0 Å². The van der Waals surface area contributed by atoms with E-state index in [1.807, 2.05) is 0 Å². The smallest absolute Gasteiger partial charge is 0.140 e. The van der Waals surface area contributed by atoms with Crippen LogP contribution in [0.2, 0.25) is 0 Å². The maximum absolute atomic E-state index is 13.9. The highest BCUT2D eigenvalue weighted by atomic mass is 19.1. The third-order valence-electron chi connectivity index (χ3n) is 2.38. The Morgan fingerprint density at radius 3 is 2.69 bits per heavy atom. The molecule has 0 amide bonds. The number of nitrogens with two attached hydrogens (primary N) is 1. The Balaban J connectivity index is 2.59. The topological polar surface area (TPSA) is 39.2 Å². The van der Waals surface area contributed by atoms with E-state index in [0.29, 0.717) is 5.39 Å². The monoisotopic (exact) mass is 225 g/mol. The summed E-state index contributed by atoms with van der Waals surface area (Å²) in [6.07, 6.45) is 1.48. The molecule has 2 aromatic rings. The van der Waals surface area contributed by atoms with Gasteiger partial charge in [0.15, 0.2) is 0 Å².